The molecule has 0 aliphatic carbocycles. The third-order valence-corrected chi connectivity index (χ3v) is 4.56. The average Bonchev–Trinajstić information content (AvgIpc) is 3.12. The molecule has 0 saturated carbocycles. The van der Waals surface area contributed by atoms with Gasteiger partial charge in [0.1, 0.15) is 11.4 Å². The molecular weight excluding hydrogens is 352 g/mol. The van der Waals surface area contributed by atoms with Crippen molar-refractivity contribution in [1.29, 1.82) is 0 Å². The van der Waals surface area contributed by atoms with Crippen molar-refractivity contribution < 1.29 is 18.9 Å². The number of amides is 2. The lowest BCUT2D eigenvalue weighted by Crippen LogP contribution is -2.51. The molecule has 2 heterocycles. The van der Waals surface area contributed by atoms with Gasteiger partial charge in [0.15, 0.2) is 0 Å². The van der Waals surface area contributed by atoms with Gasteiger partial charge in [0.25, 0.3) is 11.6 Å². The minimum absolute atomic E-state index is 0.0556. The summed E-state index contributed by atoms with van der Waals surface area (Å²) >= 11 is 0. The van der Waals surface area contributed by atoms with E-state index < -0.39 is 4.92 Å². The number of anilines is 1. The minimum Gasteiger partial charge on any atom is -0.469 e. The lowest BCUT2D eigenvalue weighted by Gasteiger charge is -2.35. The monoisotopic (exact) mass is 372 g/mol. The quantitative estimate of drug-likeness (QED) is 0.630. The van der Waals surface area contributed by atoms with E-state index in [4.69, 9.17) is 4.42 Å². The fourth-order valence-corrected chi connectivity index (χ4v) is 3.07. The summed E-state index contributed by atoms with van der Waals surface area (Å²) in [5.41, 5.74) is 1.02. The van der Waals surface area contributed by atoms with E-state index in [-0.39, 0.29) is 24.0 Å². The molecule has 0 bridgehead atoms. The smallest absolute Gasteiger partial charge is 0.292 e. The summed E-state index contributed by atoms with van der Waals surface area (Å²) in [7, 11) is 0. The number of piperazine rings is 1. The molecule has 9 nitrogen and oxygen atoms in total. The number of aryl methyl sites for hydroxylation is 1. The molecule has 1 aromatic heterocycles. The maximum atomic E-state index is 12.3. The molecule has 9 heteroatoms. The van der Waals surface area contributed by atoms with Crippen molar-refractivity contribution in [2.24, 2.45) is 0 Å². The Morgan fingerprint density at radius 2 is 1.89 bits per heavy atom. The Morgan fingerprint density at radius 1 is 1.19 bits per heavy atom. The number of nitrogens with one attached hydrogen (secondary N) is 1. The van der Waals surface area contributed by atoms with Gasteiger partial charge >= 0.3 is 0 Å². The molecule has 1 fully saturated rings. The van der Waals surface area contributed by atoms with Crippen LogP contribution in [0.4, 0.5) is 11.4 Å². The molecule has 0 spiro atoms. The fourth-order valence-electron chi connectivity index (χ4n) is 3.07. The number of nitro benzene ring substituents is 1. The molecule has 142 valence electrons. The van der Waals surface area contributed by atoms with Crippen LogP contribution < -0.4 is 10.2 Å². The zero-order valence-electron chi connectivity index (χ0n) is 14.9. The number of furan rings is 1. The number of nitrogens with zero attached hydrogens (tertiary/aromatic N) is 3. The molecule has 1 saturated heterocycles. The van der Waals surface area contributed by atoms with Gasteiger partial charge in [-0.1, -0.05) is 12.1 Å². The van der Waals surface area contributed by atoms with Crippen molar-refractivity contribution in [3.63, 3.8) is 0 Å². The summed E-state index contributed by atoms with van der Waals surface area (Å²) in [6.07, 6.45) is 1.42. The third kappa shape index (κ3) is 4.08. The highest BCUT2D eigenvalue weighted by molar-refractivity contribution is 5.97. The second kappa shape index (κ2) is 7.90. The van der Waals surface area contributed by atoms with Crippen LogP contribution in [0.5, 0.6) is 0 Å². The average molecular weight is 372 g/mol. The fraction of sp³-hybridized carbons (Fsp3) is 0.333. The van der Waals surface area contributed by atoms with Crippen molar-refractivity contribution in [3.05, 3.63) is 58.0 Å². The SMILES string of the molecule is Cc1occc1C(=O)NCC(=O)N1CCN(c2ccccc2[N+](=O)[O-])CC1. The summed E-state index contributed by atoms with van der Waals surface area (Å²) in [6, 6.07) is 8.13. The number of hydrogen-bond donors (Lipinski definition) is 1. The number of carbonyl (C=O) groups is 2. The Morgan fingerprint density at radius 3 is 2.52 bits per heavy atom. The summed E-state index contributed by atoms with van der Waals surface area (Å²) in [5, 5.41) is 13.8. The number of carbonyl (C=O) groups excluding carboxylic acids is 2. The number of hydrogen-bond acceptors (Lipinski definition) is 6. The third-order valence-electron chi connectivity index (χ3n) is 4.56. The second-order valence-corrected chi connectivity index (χ2v) is 6.19. The lowest BCUT2D eigenvalue weighted by molar-refractivity contribution is -0.384. The Labute approximate surface area is 155 Å². The molecular formula is C18H20N4O5. The van der Waals surface area contributed by atoms with Crippen molar-refractivity contribution in [3.8, 4) is 0 Å². The van der Waals surface area contributed by atoms with E-state index in [2.05, 4.69) is 5.32 Å². The van der Waals surface area contributed by atoms with Crippen LogP contribution in [0, 0.1) is 17.0 Å². The highest BCUT2D eigenvalue weighted by Crippen LogP contribution is 2.28. The zero-order chi connectivity index (χ0) is 19.4. The molecule has 0 atom stereocenters. The minimum atomic E-state index is -0.403. The first kappa shape index (κ1) is 18.4. The summed E-state index contributed by atoms with van der Waals surface area (Å²) in [5.74, 6) is -0.0436. The molecule has 1 aliphatic heterocycles. The van der Waals surface area contributed by atoms with Gasteiger partial charge in [0, 0.05) is 32.2 Å². The van der Waals surface area contributed by atoms with E-state index >= 15 is 0 Å². The molecule has 0 unspecified atom stereocenters. The summed E-state index contributed by atoms with van der Waals surface area (Å²) in [6.45, 7) is 3.43. The van der Waals surface area contributed by atoms with Crippen LogP contribution in [0.15, 0.2) is 41.0 Å². The van der Waals surface area contributed by atoms with Gasteiger partial charge in [0.2, 0.25) is 5.91 Å². The van der Waals surface area contributed by atoms with Gasteiger partial charge in [0.05, 0.1) is 23.3 Å². The van der Waals surface area contributed by atoms with E-state index in [0.717, 1.165) is 0 Å². The first-order chi connectivity index (χ1) is 13.0. The van der Waals surface area contributed by atoms with Crippen LogP contribution in [-0.2, 0) is 4.79 Å². The van der Waals surface area contributed by atoms with Crippen LogP contribution in [0.1, 0.15) is 16.1 Å². The van der Waals surface area contributed by atoms with Gasteiger partial charge in [-0.05, 0) is 19.1 Å². The molecule has 2 amide bonds. The Bertz CT molecular complexity index is 855. The van der Waals surface area contributed by atoms with Crippen LogP contribution in [0.25, 0.3) is 0 Å². The van der Waals surface area contributed by atoms with Crippen molar-refractivity contribution in [1.82, 2.24) is 10.2 Å². The van der Waals surface area contributed by atoms with E-state index in [1.54, 1.807) is 36.1 Å². The molecule has 1 N–H and O–H groups in total. The summed E-state index contributed by atoms with van der Waals surface area (Å²) in [4.78, 5) is 38.7. The highest BCUT2D eigenvalue weighted by Gasteiger charge is 2.25. The summed E-state index contributed by atoms with van der Waals surface area (Å²) < 4.78 is 5.08. The molecule has 1 aliphatic rings. The number of benzene rings is 1. The van der Waals surface area contributed by atoms with Crippen LogP contribution in [0.3, 0.4) is 0 Å². The second-order valence-electron chi connectivity index (χ2n) is 6.19. The van der Waals surface area contributed by atoms with Gasteiger partial charge < -0.3 is 19.5 Å². The van der Waals surface area contributed by atoms with Crippen LogP contribution in [0.2, 0.25) is 0 Å². The van der Waals surface area contributed by atoms with E-state index in [1.165, 1.54) is 12.3 Å². The van der Waals surface area contributed by atoms with Gasteiger partial charge in [-0.25, -0.2) is 0 Å². The van der Waals surface area contributed by atoms with Crippen LogP contribution in [-0.4, -0.2) is 54.4 Å². The Hall–Kier alpha value is -3.36. The Kier molecular flexibility index (Phi) is 5.39. The number of rotatable bonds is 5. The predicted molar refractivity (Wildman–Crippen MR) is 97.7 cm³/mol. The first-order valence-electron chi connectivity index (χ1n) is 8.56. The highest BCUT2D eigenvalue weighted by atomic mass is 16.6. The van der Waals surface area contributed by atoms with Crippen molar-refractivity contribution >= 4 is 23.2 Å². The maximum Gasteiger partial charge on any atom is 0.292 e. The van der Waals surface area contributed by atoms with Crippen molar-refractivity contribution in [2.75, 3.05) is 37.6 Å². The zero-order valence-corrected chi connectivity index (χ0v) is 14.9. The van der Waals surface area contributed by atoms with Gasteiger partial charge in [-0.3, -0.25) is 19.7 Å². The maximum absolute atomic E-state index is 12.3. The number of para-hydroxylation sites is 2. The lowest BCUT2D eigenvalue weighted by atomic mass is 10.2. The molecule has 3 rings (SSSR count). The predicted octanol–water partition coefficient (Wildman–Crippen LogP) is 1.57. The molecule has 0 radical (unpaired) electrons. The van der Waals surface area contributed by atoms with Crippen LogP contribution >= 0.6 is 0 Å². The molecule has 1 aromatic carbocycles. The van der Waals surface area contributed by atoms with Gasteiger partial charge in [-0.2, -0.15) is 0 Å². The Balaban J connectivity index is 1.53. The van der Waals surface area contributed by atoms with E-state index in [9.17, 15) is 19.7 Å². The van der Waals surface area contributed by atoms with Crippen molar-refractivity contribution in [2.45, 2.75) is 6.92 Å². The topological polar surface area (TPSA) is 109 Å². The molecule has 2 aromatic rings. The van der Waals surface area contributed by atoms with E-state index in [1.807, 2.05) is 4.90 Å². The standard InChI is InChI=1S/C18H20N4O5/c1-13-14(6-11-27-13)18(24)19-12-17(23)21-9-7-20(8-10-21)15-4-2-3-5-16(15)22(25)26/h2-6,11H,7-10,12H2,1H3,(H,19,24). The molecule has 27 heavy (non-hydrogen) atoms. The number of nitro groups is 1. The largest absolute Gasteiger partial charge is 0.469 e. The normalized spacial score (nSPS) is 14.1. The van der Waals surface area contributed by atoms with E-state index in [0.29, 0.717) is 43.2 Å². The first-order valence-corrected chi connectivity index (χ1v) is 8.56. The van der Waals surface area contributed by atoms with Gasteiger partial charge in [-0.15, -0.1) is 0 Å².